The maximum Gasteiger partial charge on any atom is 0.251 e. The molecule has 4 heteroatoms. The van der Waals surface area contributed by atoms with Crippen LogP contribution in [0.25, 0.3) is 0 Å². The Bertz CT molecular complexity index is 635. The molecule has 0 bridgehead atoms. The Kier molecular flexibility index (Phi) is 6.22. The molecule has 23 heavy (non-hydrogen) atoms. The molecule has 1 N–H and O–H groups in total. The van der Waals surface area contributed by atoms with Gasteiger partial charge in [0.2, 0.25) is 0 Å². The maximum absolute atomic E-state index is 12.5. The Morgan fingerprint density at radius 2 is 1.70 bits per heavy atom. The van der Waals surface area contributed by atoms with Crippen LogP contribution in [-0.2, 0) is 0 Å². The van der Waals surface area contributed by atoms with Crippen LogP contribution in [0.4, 0.5) is 0 Å². The molecule has 2 rings (SSSR count). The van der Waals surface area contributed by atoms with Gasteiger partial charge in [0.1, 0.15) is 5.75 Å². The van der Waals surface area contributed by atoms with E-state index in [4.69, 9.17) is 4.74 Å². The number of benzene rings is 2. The first-order valence-corrected chi connectivity index (χ1v) is 8.49. The van der Waals surface area contributed by atoms with Crippen molar-refractivity contribution in [1.29, 1.82) is 0 Å². The fraction of sp³-hybridized carbons (Fsp3) is 0.316. The van der Waals surface area contributed by atoms with Gasteiger partial charge in [-0.3, -0.25) is 4.79 Å². The van der Waals surface area contributed by atoms with Crippen molar-refractivity contribution in [2.24, 2.45) is 5.92 Å². The molecule has 0 fully saturated rings. The van der Waals surface area contributed by atoms with Crippen LogP contribution < -0.4 is 10.1 Å². The average molecular weight is 376 g/mol. The van der Waals surface area contributed by atoms with Crippen LogP contribution in [0.5, 0.6) is 5.75 Å². The fourth-order valence-electron chi connectivity index (χ4n) is 2.43. The molecule has 0 heterocycles. The van der Waals surface area contributed by atoms with E-state index in [1.54, 1.807) is 7.11 Å². The Hall–Kier alpha value is -1.81. The van der Waals surface area contributed by atoms with Crippen molar-refractivity contribution in [3.05, 3.63) is 64.1 Å². The van der Waals surface area contributed by atoms with Gasteiger partial charge in [0.05, 0.1) is 13.2 Å². The van der Waals surface area contributed by atoms with Crippen LogP contribution in [0.2, 0.25) is 0 Å². The lowest BCUT2D eigenvalue weighted by molar-refractivity contribution is 0.0932. The van der Waals surface area contributed by atoms with E-state index >= 15 is 0 Å². The molecule has 2 aromatic carbocycles. The normalized spacial score (nSPS) is 12.0. The minimum atomic E-state index is -0.0565. The van der Waals surface area contributed by atoms with Crippen molar-refractivity contribution in [3.8, 4) is 5.75 Å². The number of carbonyl (C=O) groups is 1. The quantitative estimate of drug-likeness (QED) is 0.773. The third kappa shape index (κ3) is 5.10. The summed E-state index contributed by atoms with van der Waals surface area (Å²) >= 11 is 3.38. The van der Waals surface area contributed by atoms with Crippen LogP contribution in [0, 0.1) is 5.92 Å². The molecule has 0 aliphatic rings. The second-order valence-corrected chi connectivity index (χ2v) is 6.85. The Balaban J connectivity index is 2.17. The largest absolute Gasteiger partial charge is 0.497 e. The molecule has 0 saturated heterocycles. The van der Waals surface area contributed by atoms with E-state index in [1.807, 2.05) is 48.5 Å². The van der Waals surface area contributed by atoms with Crippen molar-refractivity contribution in [3.63, 3.8) is 0 Å². The molecule has 0 aliphatic carbocycles. The first-order valence-electron chi connectivity index (χ1n) is 7.70. The van der Waals surface area contributed by atoms with E-state index < -0.39 is 0 Å². The standard InChI is InChI=1S/C19H22BrNO2/c1-13(2)12-18(14-6-10-17(23-3)11-7-14)21-19(22)15-4-8-16(20)9-5-15/h4-11,13,18H,12H2,1-3H3,(H,21,22)/t18-/m1/s1. The van der Waals surface area contributed by atoms with E-state index in [0.717, 1.165) is 22.2 Å². The number of carbonyl (C=O) groups excluding carboxylic acids is 1. The van der Waals surface area contributed by atoms with Gasteiger partial charge >= 0.3 is 0 Å². The smallest absolute Gasteiger partial charge is 0.251 e. The van der Waals surface area contributed by atoms with Crippen LogP contribution in [0.15, 0.2) is 53.0 Å². The molecule has 0 radical (unpaired) electrons. The van der Waals surface area contributed by atoms with Crippen LogP contribution in [-0.4, -0.2) is 13.0 Å². The summed E-state index contributed by atoms with van der Waals surface area (Å²) in [7, 11) is 1.65. The van der Waals surface area contributed by atoms with Gasteiger partial charge in [-0.05, 0) is 54.3 Å². The fourth-order valence-corrected chi connectivity index (χ4v) is 2.69. The third-order valence-corrected chi connectivity index (χ3v) is 4.17. The van der Waals surface area contributed by atoms with E-state index in [-0.39, 0.29) is 11.9 Å². The maximum atomic E-state index is 12.5. The van der Waals surface area contributed by atoms with E-state index in [9.17, 15) is 4.79 Å². The van der Waals surface area contributed by atoms with E-state index in [1.165, 1.54) is 0 Å². The predicted molar refractivity (Wildman–Crippen MR) is 96.8 cm³/mol. The molecule has 122 valence electrons. The number of ether oxygens (including phenoxy) is 1. The van der Waals surface area contributed by atoms with Gasteiger partial charge in [-0.15, -0.1) is 0 Å². The summed E-state index contributed by atoms with van der Waals surface area (Å²) in [6.07, 6.45) is 0.884. The summed E-state index contributed by atoms with van der Waals surface area (Å²) in [6, 6.07) is 15.2. The Morgan fingerprint density at radius 1 is 1.09 bits per heavy atom. The molecule has 0 aliphatic heterocycles. The third-order valence-electron chi connectivity index (χ3n) is 3.64. The van der Waals surface area contributed by atoms with Crippen molar-refractivity contribution in [2.75, 3.05) is 7.11 Å². The first-order chi connectivity index (χ1) is 11.0. The number of halogens is 1. The van der Waals surface area contributed by atoms with Gasteiger partial charge in [0.25, 0.3) is 5.91 Å². The second-order valence-electron chi connectivity index (χ2n) is 5.94. The first kappa shape index (κ1) is 17.5. The Morgan fingerprint density at radius 3 is 2.22 bits per heavy atom. The molecule has 0 aromatic heterocycles. The highest BCUT2D eigenvalue weighted by atomic mass is 79.9. The number of amides is 1. The summed E-state index contributed by atoms with van der Waals surface area (Å²) < 4.78 is 6.16. The summed E-state index contributed by atoms with van der Waals surface area (Å²) in [4.78, 5) is 12.5. The van der Waals surface area contributed by atoms with E-state index in [2.05, 4.69) is 35.1 Å². The molecule has 0 spiro atoms. The zero-order valence-corrected chi connectivity index (χ0v) is 15.3. The number of methoxy groups -OCH3 is 1. The molecular weight excluding hydrogens is 354 g/mol. The van der Waals surface area contributed by atoms with Gasteiger partial charge in [-0.1, -0.05) is 41.9 Å². The summed E-state index contributed by atoms with van der Waals surface area (Å²) in [5.74, 6) is 1.24. The van der Waals surface area contributed by atoms with Gasteiger partial charge in [0.15, 0.2) is 0 Å². The minimum absolute atomic E-state index is 0.0166. The number of hydrogen-bond donors (Lipinski definition) is 1. The molecule has 0 saturated carbocycles. The highest BCUT2D eigenvalue weighted by Gasteiger charge is 2.17. The molecule has 2 aromatic rings. The topological polar surface area (TPSA) is 38.3 Å². The lowest BCUT2D eigenvalue weighted by Crippen LogP contribution is -2.29. The highest BCUT2D eigenvalue weighted by Crippen LogP contribution is 2.24. The number of nitrogens with one attached hydrogen (secondary N) is 1. The molecule has 1 amide bonds. The molecule has 1 atom stereocenters. The lowest BCUT2D eigenvalue weighted by Gasteiger charge is -2.21. The zero-order chi connectivity index (χ0) is 16.8. The van der Waals surface area contributed by atoms with Crippen LogP contribution in [0.3, 0.4) is 0 Å². The van der Waals surface area contributed by atoms with Crippen LogP contribution >= 0.6 is 15.9 Å². The van der Waals surface area contributed by atoms with Crippen molar-refractivity contribution >= 4 is 21.8 Å². The van der Waals surface area contributed by atoms with Crippen molar-refractivity contribution in [2.45, 2.75) is 26.3 Å². The van der Waals surface area contributed by atoms with Gasteiger partial charge in [-0.25, -0.2) is 0 Å². The van der Waals surface area contributed by atoms with Gasteiger partial charge < -0.3 is 10.1 Å². The van der Waals surface area contributed by atoms with Gasteiger partial charge in [0, 0.05) is 10.0 Å². The number of hydrogen-bond acceptors (Lipinski definition) is 2. The summed E-state index contributed by atoms with van der Waals surface area (Å²) in [5.41, 5.74) is 1.75. The SMILES string of the molecule is COc1ccc([C@@H](CC(C)C)NC(=O)c2ccc(Br)cc2)cc1. The monoisotopic (exact) mass is 375 g/mol. The van der Waals surface area contributed by atoms with Gasteiger partial charge in [-0.2, -0.15) is 0 Å². The molecule has 3 nitrogen and oxygen atoms in total. The predicted octanol–water partition coefficient (Wildman–Crippen LogP) is 4.97. The lowest BCUT2D eigenvalue weighted by atomic mass is 9.96. The van der Waals surface area contributed by atoms with Crippen molar-refractivity contribution in [1.82, 2.24) is 5.32 Å². The zero-order valence-electron chi connectivity index (χ0n) is 13.7. The average Bonchev–Trinajstić information content (AvgIpc) is 2.54. The Labute approximate surface area is 146 Å². The van der Waals surface area contributed by atoms with E-state index in [0.29, 0.717) is 11.5 Å². The second kappa shape index (κ2) is 8.16. The summed E-state index contributed by atoms with van der Waals surface area (Å²) in [5, 5.41) is 3.14. The van der Waals surface area contributed by atoms with Crippen molar-refractivity contribution < 1.29 is 9.53 Å². The summed E-state index contributed by atoms with van der Waals surface area (Å²) in [6.45, 7) is 4.31. The number of rotatable bonds is 6. The highest BCUT2D eigenvalue weighted by molar-refractivity contribution is 9.10. The molecular formula is C19H22BrNO2. The van der Waals surface area contributed by atoms with Crippen LogP contribution in [0.1, 0.15) is 42.2 Å². The minimum Gasteiger partial charge on any atom is -0.497 e. The molecule has 0 unspecified atom stereocenters.